The largest absolute Gasteiger partial charge is 0.393 e. The number of rotatable bonds is 4. The van der Waals surface area contributed by atoms with Crippen LogP contribution >= 0.6 is 0 Å². The molecule has 3 aliphatic carbocycles. The lowest BCUT2D eigenvalue weighted by Gasteiger charge is -2.55. The summed E-state index contributed by atoms with van der Waals surface area (Å²) in [7, 11) is 0. The number of aliphatic hydroxyl groups excluding tert-OH is 2. The lowest BCUT2D eigenvalue weighted by Crippen LogP contribution is -2.52. The second kappa shape index (κ2) is 7.04. The number of aryl methyl sites for hydroxylation is 1. The lowest BCUT2D eigenvalue weighted by atomic mass is 9.51. The van der Waals surface area contributed by atoms with Gasteiger partial charge in [-0.05, 0) is 86.0 Å². The summed E-state index contributed by atoms with van der Waals surface area (Å²) >= 11 is 0. The minimum atomic E-state index is -0.240. The molecule has 0 amide bonds. The monoisotopic (exact) mass is 372 g/mol. The maximum Gasteiger partial charge on any atom is 0.0610 e. The molecular weight excluding hydrogens is 336 g/mol. The molecule has 0 saturated heterocycles. The van der Waals surface area contributed by atoms with Gasteiger partial charge in [-0.2, -0.15) is 5.10 Å². The van der Waals surface area contributed by atoms with E-state index in [0.29, 0.717) is 17.8 Å². The maximum atomic E-state index is 11.5. The molecule has 0 radical (unpaired) electrons. The van der Waals surface area contributed by atoms with Crippen LogP contribution in [0, 0.1) is 28.6 Å². The predicted octanol–water partition coefficient (Wildman–Crippen LogP) is 4.18. The van der Waals surface area contributed by atoms with Crippen molar-refractivity contribution in [1.29, 1.82) is 0 Å². The molecule has 1 aromatic heterocycles. The van der Waals surface area contributed by atoms with Gasteiger partial charge in [0.05, 0.1) is 12.2 Å². The number of fused-ring (bicyclic) bond motifs is 1. The zero-order chi connectivity index (χ0) is 19.2. The summed E-state index contributed by atoms with van der Waals surface area (Å²) in [6, 6.07) is 1.97. The third kappa shape index (κ3) is 3.19. The second-order valence-corrected chi connectivity index (χ2v) is 9.99. The van der Waals surface area contributed by atoms with Crippen LogP contribution in [-0.4, -0.2) is 32.2 Å². The zero-order valence-corrected chi connectivity index (χ0v) is 17.0. The van der Waals surface area contributed by atoms with E-state index in [1.165, 1.54) is 5.57 Å². The number of nitrogens with zero attached hydrogens (tertiary/aromatic N) is 2. The van der Waals surface area contributed by atoms with Crippen LogP contribution < -0.4 is 0 Å². The van der Waals surface area contributed by atoms with Crippen molar-refractivity contribution in [3.8, 4) is 0 Å². The molecule has 2 N–H and O–H groups in total. The van der Waals surface area contributed by atoms with E-state index in [-0.39, 0.29) is 23.0 Å². The second-order valence-electron chi connectivity index (χ2n) is 9.99. The third-order valence-corrected chi connectivity index (χ3v) is 8.80. The Morgan fingerprint density at radius 2 is 2.00 bits per heavy atom. The molecule has 27 heavy (non-hydrogen) atoms. The Balaban J connectivity index is 1.54. The van der Waals surface area contributed by atoms with E-state index in [0.717, 1.165) is 57.9 Å². The van der Waals surface area contributed by atoms with Crippen molar-refractivity contribution < 1.29 is 10.2 Å². The standard InChI is InChI=1S/C23H36N2O2/c1-16-5-6-19-21(27)20(8-11-22(16,19)2)23(3)10-7-18(26)15-17(23)9-14-25-13-4-12-24-25/h4,12-13,17-21,26-27H,1,5-11,14-15H2,2-3H3/t17-,18-,19-,20-,21-,22+,23-/m0/s1. The van der Waals surface area contributed by atoms with Crippen LogP contribution in [0.15, 0.2) is 30.6 Å². The summed E-state index contributed by atoms with van der Waals surface area (Å²) in [6.45, 7) is 9.94. The summed E-state index contributed by atoms with van der Waals surface area (Å²) in [6.07, 6.45) is 11.6. The molecule has 3 saturated carbocycles. The van der Waals surface area contributed by atoms with Gasteiger partial charge >= 0.3 is 0 Å². The van der Waals surface area contributed by atoms with Crippen molar-refractivity contribution in [3.63, 3.8) is 0 Å². The maximum absolute atomic E-state index is 11.5. The van der Waals surface area contributed by atoms with Crippen LogP contribution in [0.2, 0.25) is 0 Å². The molecule has 0 aromatic carbocycles. The van der Waals surface area contributed by atoms with Crippen molar-refractivity contribution in [1.82, 2.24) is 9.78 Å². The van der Waals surface area contributed by atoms with Crippen molar-refractivity contribution in [3.05, 3.63) is 30.6 Å². The molecule has 4 rings (SSSR count). The average Bonchev–Trinajstić information content (AvgIpc) is 3.25. The summed E-state index contributed by atoms with van der Waals surface area (Å²) in [5.74, 6) is 1.12. The van der Waals surface area contributed by atoms with Gasteiger partial charge in [0.2, 0.25) is 0 Å². The number of hydrogen-bond acceptors (Lipinski definition) is 3. The summed E-state index contributed by atoms with van der Waals surface area (Å²) in [5.41, 5.74) is 1.58. The highest BCUT2D eigenvalue weighted by atomic mass is 16.3. The quantitative estimate of drug-likeness (QED) is 0.780. The van der Waals surface area contributed by atoms with Gasteiger partial charge in [-0.25, -0.2) is 0 Å². The topological polar surface area (TPSA) is 58.3 Å². The van der Waals surface area contributed by atoms with Crippen LogP contribution in [0.4, 0.5) is 0 Å². The van der Waals surface area contributed by atoms with Crippen molar-refractivity contribution in [2.24, 2.45) is 28.6 Å². The van der Waals surface area contributed by atoms with E-state index in [2.05, 4.69) is 25.5 Å². The van der Waals surface area contributed by atoms with Gasteiger partial charge in [-0.1, -0.05) is 26.0 Å². The first-order valence-electron chi connectivity index (χ1n) is 10.9. The Morgan fingerprint density at radius 1 is 1.19 bits per heavy atom. The average molecular weight is 373 g/mol. The first kappa shape index (κ1) is 19.2. The minimum Gasteiger partial charge on any atom is -0.393 e. The molecule has 0 spiro atoms. The fourth-order valence-electron chi connectivity index (χ4n) is 6.79. The molecule has 7 atom stereocenters. The summed E-state index contributed by atoms with van der Waals surface area (Å²) < 4.78 is 2.00. The van der Waals surface area contributed by atoms with Crippen molar-refractivity contribution in [2.75, 3.05) is 0 Å². The lowest BCUT2D eigenvalue weighted by molar-refractivity contribution is -0.120. The molecule has 0 bridgehead atoms. The van der Waals surface area contributed by atoms with Crippen molar-refractivity contribution in [2.45, 2.75) is 84.0 Å². The molecule has 150 valence electrons. The molecule has 4 nitrogen and oxygen atoms in total. The van der Waals surface area contributed by atoms with E-state index in [9.17, 15) is 10.2 Å². The molecule has 3 aliphatic rings. The molecule has 0 aliphatic heterocycles. The molecule has 0 unspecified atom stereocenters. The van der Waals surface area contributed by atoms with E-state index >= 15 is 0 Å². The Kier molecular flexibility index (Phi) is 5.00. The number of aliphatic hydroxyl groups is 2. The molecular formula is C23H36N2O2. The van der Waals surface area contributed by atoms with Gasteiger partial charge in [0.1, 0.15) is 0 Å². The zero-order valence-electron chi connectivity index (χ0n) is 17.0. The van der Waals surface area contributed by atoms with E-state index in [1.807, 2.05) is 23.1 Å². The Labute approximate surface area is 163 Å². The number of hydrogen-bond donors (Lipinski definition) is 2. The molecule has 1 aromatic rings. The van der Waals surface area contributed by atoms with Gasteiger partial charge in [0.25, 0.3) is 0 Å². The summed E-state index contributed by atoms with van der Waals surface area (Å²) in [4.78, 5) is 0. The molecule has 1 heterocycles. The Bertz CT molecular complexity index is 672. The highest BCUT2D eigenvalue weighted by molar-refractivity contribution is 5.21. The van der Waals surface area contributed by atoms with Gasteiger partial charge in [-0.15, -0.1) is 0 Å². The SMILES string of the molecule is C=C1CC[C@H]2[C@H](O)[C@@H]([C@@]3(C)CC[C@H](O)C[C@@H]3CCn3cccn3)CC[C@]12C. The normalized spacial score (nSPS) is 45.0. The Morgan fingerprint density at radius 3 is 2.74 bits per heavy atom. The molecule has 4 heteroatoms. The fourth-order valence-corrected chi connectivity index (χ4v) is 6.79. The van der Waals surface area contributed by atoms with Crippen LogP contribution in [0.5, 0.6) is 0 Å². The van der Waals surface area contributed by atoms with Gasteiger partial charge in [0.15, 0.2) is 0 Å². The van der Waals surface area contributed by atoms with Crippen LogP contribution in [-0.2, 0) is 6.54 Å². The minimum absolute atomic E-state index is 0.0943. The smallest absolute Gasteiger partial charge is 0.0610 e. The highest BCUT2D eigenvalue weighted by Crippen LogP contribution is 2.61. The van der Waals surface area contributed by atoms with E-state index < -0.39 is 0 Å². The van der Waals surface area contributed by atoms with Crippen LogP contribution in [0.25, 0.3) is 0 Å². The summed E-state index contributed by atoms with van der Waals surface area (Å²) in [5, 5.41) is 26.2. The Hall–Kier alpha value is -1.13. The van der Waals surface area contributed by atoms with Gasteiger partial charge in [-0.3, -0.25) is 4.68 Å². The number of aromatic nitrogens is 2. The van der Waals surface area contributed by atoms with E-state index in [1.54, 1.807) is 0 Å². The molecule has 3 fully saturated rings. The van der Waals surface area contributed by atoms with Crippen LogP contribution in [0.3, 0.4) is 0 Å². The van der Waals surface area contributed by atoms with Crippen molar-refractivity contribution >= 4 is 0 Å². The van der Waals surface area contributed by atoms with Gasteiger partial charge < -0.3 is 10.2 Å². The highest BCUT2D eigenvalue weighted by Gasteiger charge is 2.56. The number of allylic oxidation sites excluding steroid dienone is 1. The fraction of sp³-hybridized carbons (Fsp3) is 0.783. The van der Waals surface area contributed by atoms with Gasteiger partial charge in [0, 0.05) is 18.9 Å². The van der Waals surface area contributed by atoms with Crippen LogP contribution in [0.1, 0.15) is 65.2 Å². The third-order valence-electron chi connectivity index (χ3n) is 8.80. The first-order chi connectivity index (χ1) is 12.8. The predicted molar refractivity (Wildman–Crippen MR) is 107 cm³/mol. The van der Waals surface area contributed by atoms with E-state index in [4.69, 9.17) is 0 Å². The first-order valence-corrected chi connectivity index (χ1v) is 10.9.